The number of benzene rings is 6. The second-order valence-electron chi connectivity index (χ2n) is 12.9. The van der Waals surface area contributed by atoms with Gasteiger partial charge in [0.2, 0.25) is 0 Å². The maximum atomic E-state index is 6.63. The Hall–Kier alpha value is -5.42. The van der Waals surface area contributed by atoms with E-state index >= 15 is 0 Å². The first kappa shape index (κ1) is 34.4. The standard InChI is InChI=1S/C39H13B10N3O2/c40-25-23(26(41)30(45)33(48)29(25)44)38-50-37(51-39(52-38)24-27(42)31(46)34(49)32(47)28(24)43)19-11-5-13-21-22(19)18-10-4-9-17(36(18)54-21)16-8-3-7-15-14-6-1-2-12-20(14)53-35(15)16/h1-13H. The zero-order valence-corrected chi connectivity index (χ0v) is 28.4. The minimum atomic E-state index is -0.00164. The molecule has 0 saturated carbocycles. The highest BCUT2D eigenvalue weighted by Gasteiger charge is 2.24. The fourth-order valence-electron chi connectivity index (χ4n) is 7.11. The van der Waals surface area contributed by atoms with Gasteiger partial charge in [0.1, 0.15) is 101 Å². The van der Waals surface area contributed by atoms with E-state index in [0.717, 1.165) is 38.5 Å². The first-order valence-electron chi connectivity index (χ1n) is 16.6. The molecule has 0 aliphatic heterocycles. The van der Waals surface area contributed by atoms with E-state index in [1.807, 2.05) is 78.9 Å². The molecule has 9 aromatic rings. The Morgan fingerprint density at radius 2 is 0.722 bits per heavy atom. The molecule has 9 rings (SSSR count). The molecule has 0 bridgehead atoms. The van der Waals surface area contributed by atoms with Gasteiger partial charge in [0.25, 0.3) is 0 Å². The zero-order chi connectivity index (χ0) is 37.7. The molecular weight excluding hydrogens is 651 g/mol. The van der Waals surface area contributed by atoms with Crippen molar-refractivity contribution in [2.75, 3.05) is 0 Å². The summed E-state index contributed by atoms with van der Waals surface area (Å²) in [5.41, 5.74) is 5.38. The average molecular weight is 664 g/mol. The lowest BCUT2D eigenvalue weighted by Crippen LogP contribution is -2.55. The van der Waals surface area contributed by atoms with Gasteiger partial charge in [0, 0.05) is 49.4 Å². The molecule has 0 amide bonds. The summed E-state index contributed by atoms with van der Waals surface area (Å²) in [5.74, 6) is 0.171. The highest BCUT2D eigenvalue weighted by Crippen LogP contribution is 2.43. The third-order valence-electron chi connectivity index (χ3n) is 9.94. The van der Waals surface area contributed by atoms with Gasteiger partial charge in [-0.2, -0.15) is 0 Å². The van der Waals surface area contributed by atoms with Gasteiger partial charge < -0.3 is 8.83 Å². The van der Waals surface area contributed by atoms with Gasteiger partial charge in [-0.05, 0) is 12.1 Å². The third-order valence-corrected chi connectivity index (χ3v) is 9.94. The maximum Gasteiger partial charge on any atom is 0.164 e. The summed E-state index contributed by atoms with van der Waals surface area (Å²) in [6, 6.07) is 25.4. The van der Waals surface area contributed by atoms with E-state index in [1.54, 1.807) is 0 Å². The Bertz CT molecular complexity index is 2940. The van der Waals surface area contributed by atoms with Crippen molar-refractivity contribution in [1.82, 2.24) is 15.0 Å². The Labute approximate surface area is 323 Å². The van der Waals surface area contributed by atoms with Gasteiger partial charge in [-0.3, -0.25) is 0 Å². The first-order valence-corrected chi connectivity index (χ1v) is 16.6. The summed E-state index contributed by atoms with van der Waals surface area (Å²) in [4.78, 5) is 14.5. The van der Waals surface area contributed by atoms with Crippen molar-refractivity contribution in [3.05, 3.63) is 78.9 Å². The van der Waals surface area contributed by atoms with Crippen LogP contribution >= 0.6 is 0 Å². The van der Waals surface area contributed by atoms with Crippen LogP contribution in [0.1, 0.15) is 0 Å². The van der Waals surface area contributed by atoms with E-state index in [0.29, 0.717) is 22.1 Å². The summed E-state index contributed by atoms with van der Waals surface area (Å²) >= 11 is 0. The molecule has 15 heteroatoms. The number of hydrogen-bond acceptors (Lipinski definition) is 5. The van der Waals surface area contributed by atoms with Gasteiger partial charge >= 0.3 is 0 Å². The number of hydrogen-bond donors (Lipinski definition) is 0. The Kier molecular flexibility index (Phi) is 8.00. The minimum absolute atomic E-state index is 0.00164. The molecule has 3 heterocycles. The van der Waals surface area contributed by atoms with Crippen molar-refractivity contribution in [2.45, 2.75) is 0 Å². The molecule has 0 saturated heterocycles. The molecular formula is C39H13B10N3O2. The van der Waals surface area contributed by atoms with Crippen LogP contribution in [0, 0.1) is 0 Å². The fourth-order valence-corrected chi connectivity index (χ4v) is 7.11. The van der Waals surface area contributed by atoms with Crippen molar-refractivity contribution in [2.24, 2.45) is 0 Å². The second-order valence-corrected chi connectivity index (χ2v) is 12.9. The number of aromatic nitrogens is 3. The topological polar surface area (TPSA) is 65.0 Å². The van der Waals surface area contributed by atoms with Gasteiger partial charge in [-0.15, -0.1) is 32.8 Å². The van der Waals surface area contributed by atoms with E-state index in [4.69, 9.17) is 102 Å². The molecule has 0 aliphatic rings. The summed E-state index contributed by atoms with van der Waals surface area (Å²) in [5, 5.41) is 3.51. The SMILES string of the molecule is [B]c1c([B])c([B])c(-c2nc(-c3c([B])c([B])c([B])c([B])c3[B])nc(-c3cccc4oc5c(-c6cccc7c6oc6ccccc67)cccc5c34)n2)c([B])c1[B]. The lowest BCUT2D eigenvalue weighted by atomic mass is 9.60. The highest BCUT2D eigenvalue weighted by atomic mass is 16.3. The Balaban J connectivity index is 1.34. The predicted octanol–water partition coefficient (Wildman–Crippen LogP) is -1.72. The lowest BCUT2D eigenvalue weighted by molar-refractivity contribution is 0.665. The predicted molar refractivity (Wildman–Crippen MR) is 230 cm³/mol. The summed E-state index contributed by atoms with van der Waals surface area (Å²) in [6.07, 6.45) is 0. The van der Waals surface area contributed by atoms with Crippen LogP contribution < -0.4 is 54.6 Å². The van der Waals surface area contributed by atoms with E-state index in [2.05, 4.69) is 0 Å². The molecule has 0 aliphatic carbocycles. The van der Waals surface area contributed by atoms with Gasteiger partial charge in [0.15, 0.2) is 17.5 Å². The quantitative estimate of drug-likeness (QED) is 0.210. The lowest BCUT2D eigenvalue weighted by Gasteiger charge is -2.22. The molecule has 5 nitrogen and oxygen atoms in total. The normalized spacial score (nSPS) is 11.7. The molecule has 226 valence electrons. The molecule has 54 heavy (non-hydrogen) atoms. The van der Waals surface area contributed by atoms with Crippen LogP contribution in [-0.4, -0.2) is 93.4 Å². The maximum absolute atomic E-state index is 6.63. The van der Waals surface area contributed by atoms with E-state index in [-0.39, 0.29) is 83.2 Å². The molecule has 6 aromatic carbocycles. The fraction of sp³-hybridized carbons (Fsp3) is 0. The molecule has 0 unspecified atom stereocenters. The van der Waals surface area contributed by atoms with Gasteiger partial charge in [0.05, 0.1) is 0 Å². The summed E-state index contributed by atoms with van der Waals surface area (Å²) < 4.78 is 13.0. The molecule has 20 radical (unpaired) electrons. The number of para-hydroxylation sites is 3. The van der Waals surface area contributed by atoms with Crippen LogP contribution in [0.25, 0.3) is 89.2 Å². The van der Waals surface area contributed by atoms with Crippen LogP contribution in [0.15, 0.2) is 87.7 Å². The van der Waals surface area contributed by atoms with E-state index in [9.17, 15) is 0 Å². The zero-order valence-electron chi connectivity index (χ0n) is 28.4. The van der Waals surface area contributed by atoms with Gasteiger partial charge in [-0.1, -0.05) is 88.6 Å². The minimum Gasteiger partial charge on any atom is -0.455 e. The van der Waals surface area contributed by atoms with Crippen molar-refractivity contribution in [1.29, 1.82) is 0 Å². The van der Waals surface area contributed by atoms with Crippen LogP contribution in [-0.2, 0) is 0 Å². The van der Waals surface area contributed by atoms with Gasteiger partial charge in [-0.25, -0.2) is 15.0 Å². The van der Waals surface area contributed by atoms with Crippen molar-refractivity contribution in [3.8, 4) is 45.3 Å². The third kappa shape index (κ3) is 4.97. The van der Waals surface area contributed by atoms with Crippen LogP contribution in [0.3, 0.4) is 0 Å². The Morgan fingerprint density at radius 1 is 0.333 bits per heavy atom. The first-order chi connectivity index (χ1) is 26.0. The monoisotopic (exact) mass is 665 g/mol. The number of rotatable bonds is 4. The van der Waals surface area contributed by atoms with Crippen molar-refractivity contribution >= 4 is 177 Å². The van der Waals surface area contributed by atoms with Crippen LogP contribution in [0.4, 0.5) is 0 Å². The second kappa shape index (κ2) is 12.6. The Morgan fingerprint density at radius 3 is 1.30 bits per heavy atom. The van der Waals surface area contributed by atoms with Crippen molar-refractivity contribution in [3.63, 3.8) is 0 Å². The van der Waals surface area contributed by atoms with E-state index in [1.165, 1.54) is 0 Å². The smallest absolute Gasteiger partial charge is 0.164 e. The van der Waals surface area contributed by atoms with Crippen LogP contribution in [0.2, 0.25) is 0 Å². The summed E-state index contributed by atoms with van der Waals surface area (Å²) in [7, 11) is 63.3. The van der Waals surface area contributed by atoms with E-state index < -0.39 is 0 Å². The summed E-state index contributed by atoms with van der Waals surface area (Å²) in [6.45, 7) is 0. The van der Waals surface area contributed by atoms with Crippen molar-refractivity contribution < 1.29 is 8.83 Å². The molecule has 0 fully saturated rings. The molecule has 3 aromatic heterocycles. The average Bonchev–Trinajstić information content (AvgIpc) is 3.77. The van der Waals surface area contributed by atoms with Crippen LogP contribution in [0.5, 0.6) is 0 Å². The largest absolute Gasteiger partial charge is 0.455 e. The number of nitrogens with zero attached hydrogens (tertiary/aromatic N) is 3. The molecule has 0 atom stereocenters. The number of fused-ring (bicyclic) bond motifs is 6. The molecule has 0 spiro atoms. The number of furan rings is 2. The molecule has 0 N–H and O–H groups in total. The highest BCUT2D eigenvalue weighted by molar-refractivity contribution is 6.70.